The number of hydrogen-bond acceptors (Lipinski definition) is 4. The fourth-order valence-corrected chi connectivity index (χ4v) is 2.36. The lowest BCUT2D eigenvalue weighted by molar-refractivity contribution is 0.916. The molecule has 1 aromatic heterocycles. The summed E-state index contributed by atoms with van der Waals surface area (Å²) in [5, 5.41) is 3.14. The number of rotatable bonds is 5. The first-order chi connectivity index (χ1) is 10.2. The van der Waals surface area contributed by atoms with Crippen molar-refractivity contribution in [3.05, 3.63) is 41.7 Å². The van der Waals surface area contributed by atoms with Gasteiger partial charge in [-0.3, -0.25) is 0 Å². The van der Waals surface area contributed by atoms with Gasteiger partial charge < -0.3 is 10.2 Å². The van der Waals surface area contributed by atoms with Gasteiger partial charge in [-0.2, -0.15) is 0 Å². The SMILES string of the molecule is CCc1ccc(N(C)c2cc(NC)nc(C3CC3)n2)cc1. The van der Waals surface area contributed by atoms with Gasteiger partial charge in [0.15, 0.2) is 0 Å². The second-order valence-electron chi connectivity index (χ2n) is 5.57. The quantitative estimate of drug-likeness (QED) is 0.907. The van der Waals surface area contributed by atoms with Crippen molar-refractivity contribution in [3.63, 3.8) is 0 Å². The van der Waals surface area contributed by atoms with Crippen molar-refractivity contribution in [1.82, 2.24) is 9.97 Å². The maximum Gasteiger partial charge on any atom is 0.138 e. The van der Waals surface area contributed by atoms with Gasteiger partial charge in [-0.05, 0) is 37.0 Å². The zero-order chi connectivity index (χ0) is 14.8. The van der Waals surface area contributed by atoms with Crippen LogP contribution < -0.4 is 10.2 Å². The summed E-state index contributed by atoms with van der Waals surface area (Å²) in [5.74, 6) is 3.35. The first-order valence-corrected chi connectivity index (χ1v) is 7.60. The molecular weight excluding hydrogens is 260 g/mol. The molecule has 21 heavy (non-hydrogen) atoms. The average Bonchev–Trinajstić information content (AvgIpc) is 3.38. The second kappa shape index (κ2) is 5.72. The second-order valence-corrected chi connectivity index (χ2v) is 5.57. The van der Waals surface area contributed by atoms with Gasteiger partial charge in [-0.15, -0.1) is 0 Å². The maximum absolute atomic E-state index is 4.74. The lowest BCUT2D eigenvalue weighted by atomic mass is 10.1. The van der Waals surface area contributed by atoms with Crippen LogP contribution in [0, 0.1) is 0 Å². The van der Waals surface area contributed by atoms with Gasteiger partial charge in [-0.25, -0.2) is 9.97 Å². The number of nitrogens with zero attached hydrogens (tertiary/aromatic N) is 3. The van der Waals surface area contributed by atoms with Crippen LogP contribution in [-0.2, 0) is 6.42 Å². The van der Waals surface area contributed by atoms with Crippen LogP contribution in [0.5, 0.6) is 0 Å². The molecule has 4 nitrogen and oxygen atoms in total. The van der Waals surface area contributed by atoms with E-state index in [2.05, 4.69) is 53.4 Å². The highest BCUT2D eigenvalue weighted by Gasteiger charge is 2.27. The first-order valence-electron chi connectivity index (χ1n) is 7.60. The van der Waals surface area contributed by atoms with E-state index in [4.69, 9.17) is 4.98 Å². The summed E-state index contributed by atoms with van der Waals surface area (Å²) in [6.45, 7) is 2.17. The highest BCUT2D eigenvalue weighted by atomic mass is 15.2. The third-order valence-electron chi connectivity index (χ3n) is 4.00. The monoisotopic (exact) mass is 282 g/mol. The number of benzene rings is 1. The predicted octanol–water partition coefficient (Wildman–Crippen LogP) is 3.73. The number of anilines is 3. The van der Waals surface area contributed by atoms with E-state index < -0.39 is 0 Å². The zero-order valence-electron chi connectivity index (χ0n) is 12.9. The Kier molecular flexibility index (Phi) is 3.78. The van der Waals surface area contributed by atoms with Crippen LogP contribution in [0.15, 0.2) is 30.3 Å². The highest BCUT2D eigenvalue weighted by molar-refractivity contribution is 5.62. The van der Waals surface area contributed by atoms with Crippen molar-refractivity contribution in [2.75, 3.05) is 24.3 Å². The molecule has 0 radical (unpaired) electrons. The fourth-order valence-electron chi connectivity index (χ4n) is 2.36. The first kappa shape index (κ1) is 13.9. The van der Waals surface area contributed by atoms with E-state index in [0.29, 0.717) is 5.92 Å². The summed E-state index contributed by atoms with van der Waals surface area (Å²) in [6, 6.07) is 10.6. The van der Waals surface area contributed by atoms with Crippen molar-refractivity contribution in [2.45, 2.75) is 32.1 Å². The molecule has 1 aromatic carbocycles. The van der Waals surface area contributed by atoms with Crippen LogP contribution in [0.2, 0.25) is 0 Å². The van der Waals surface area contributed by atoms with Gasteiger partial charge >= 0.3 is 0 Å². The van der Waals surface area contributed by atoms with E-state index in [-0.39, 0.29) is 0 Å². The van der Waals surface area contributed by atoms with E-state index in [9.17, 15) is 0 Å². The van der Waals surface area contributed by atoms with Crippen molar-refractivity contribution >= 4 is 17.3 Å². The molecule has 0 atom stereocenters. The summed E-state index contributed by atoms with van der Waals surface area (Å²) < 4.78 is 0. The molecule has 2 aromatic rings. The Morgan fingerprint density at radius 2 is 1.90 bits per heavy atom. The minimum Gasteiger partial charge on any atom is -0.373 e. The van der Waals surface area contributed by atoms with E-state index in [0.717, 1.165) is 29.6 Å². The Bertz CT molecular complexity index is 617. The van der Waals surface area contributed by atoms with Crippen LogP contribution in [0.4, 0.5) is 17.3 Å². The van der Waals surface area contributed by atoms with E-state index in [1.54, 1.807) is 0 Å². The van der Waals surface area contributed by atoms with Crippen molar-refractivity contribution in [2.24, 2.45) is 0 Å². The molecule has 0 spiro atoms. The molecule has 0 saturated heterocycles. The predicted molar refractivity (Wildman–Crippen MR) is 87.4 cm³/mol. The summed E-state index contributed by atoms with van der Waals surface area (Å²) in [7, 11) is 3.96. The highest BCUT2D eigenvalue weighted by Crippen LogP contribution is 2.39. The Hall–Kier alpha value is -2.10. The molecule has 1 heterocycles. The molecule has 1 aliphatic carbocycles. The molecular formula is C17H22N4. The van der Waals surface area contributed by atoms with Gasteiger partial charge in [0, 0.05) is 31.8 Å². The smallest absolute Gasteiger partial charge is 0.138 e. The van der Waals surface area contributed by atoms with Crippen LogP contribution in [0.25, 0.3) is 0 Å². The van der Waals surface area contributed by atoms with Crippen LogP contribution in [0.3, 0.4) is 0 Å². The Balaban J connectivity index is 1.91. The number of hydrogen-bond donors (Lipinski definition) is 1. The summed E-state index contributed by atoms with van der Waals surface area (Å²) in [5.41, 5.74) is 2.50. The van der Waals surface area contributed by atoms with Crippen molar-refractivity contribution in [3.8, 4) is 0 Å². The van der Waals surface area contributed by atoms with Crippen LogP contribution >= 0.6 is 0 Å². The molecule has 1 N–H and O–H groups in total. The molecule has 0 amide bonds. The molecule has 0 aliphatic heterocycles. The van der Waals surface area contributed by atoms with E-state index in [1.165, 1.54) is 18.4 Å². The molecule has 0 unspecified atom stereocenters. The van der Waals surface area contributed by atoms with E-state index in [1.807, 2.05) is 13.1 Å². The van der Waals surface area contributed by atoms with Gasteiger partial charge in [0.2, 0.25) is 0 Å². The zero-order valence-corrected chi connectivity index (χ0v) is 12.9. The normalized spacial score (nSPS) is 14.0. The molecule has 110 valence electrons. The van der Waals surface area contributed by atoms with Crippen LogP contribution in [0.1, 0.15) is 37.1 Å². The van der Waals surface area contributed by atoms with Gasteiger partial charge in [0.1, 0.15) is 17.5 Å². The molecule has 3 rings (SSSR count). The Morgan fingerprint density at radius 3 is 2.48 bits per heavy atom. The van der Waals surface area contributed by atoms with Gasteiger partial charge in [-0.1, -0.05) is 19.1 Å². The maximum atomic E-state index is 4.74. The Labute approximate surface area is 126 Å². The summed E-state index contributed by atoms with van der Waals surface area (Å²) in [6.07, 6.45) is 3.48. The molecule has 1 aliphatic rings. The third kappa shape index (κ3) is 2.99. The average molecular weight is 282 g/mol. The van der Waals surface area contributed by atoms with Gasteiger partial charge in [0.05, 0.1) is 0 Å². The van der Waals surface area contributed by atoms with Crippen molar-refractivity contribution in [1.29, 1.82) is 0 Å². The molecule has 1 saturated carbocycles. The number of aromatic nitrogens is 2. The lowest BCUT2D eigenvalue weighted by Gasteiger charge is -2.20. The number of aryl methyl sites for hydroxylation is 1. The number of nitrogens with one attached hydrogen (secondary N) is 1. The largest absolute Gasteiger partial charge is 0.373 e. The molecule has 1 fully saturated rings. The Morgan fingerprint density at radius 1 is 1.19 bits per heavy atom. The standard InChI is InChI=1S/C17H22N4/c1-4-12-5-9-14(10-6-12)21(3)16-11-15(18-2)19-17(20-16)13-7-8-13/h5-6,9-11,13H,4,7-8H2,1-3H3,(H,18,19,20). The summed E-state index contributed by atoms with van der Waals surface area (Å²) >= 11 is 0. The molecule has 4 heteroatoms. The summed E-state index contributed by atoms with van der Waals surface area (Å²) in [4.78, 5) is 11.4. The minimum atomic E-state index is 0.549. The van der Waals surface area contributed by atoms with Crippen molar-refractivity contribution < 1.29 is 0 Å². The van der Waals surface area contributed by atoms with Gasteiger partial charge in [0.25, 0.3) is 0 Å². The fraction of sp³-hybridized carbons (Fsp3) is 0.412. The lowest BCUT2D eigenvalue weighted by Crippen LogP contribution is -2.13. The topological polar surface area (TPSA) is 41.0 Å². The minimum absolute atomic E-state index is 0.549. The van der Waals surface area contributed by atoms with Crippen LogP contribution in [-0.4, -0.2) is 24.1 Å². The third-order valence-corrected chi connectivity index (χ3v) is 4.00. The van der Waals surface area contributed by atoms with E-state index >= 15 is 0 Å². The molecule has 0 bridgehead atoms.